The average Bonchev–Trinajstić information content (AvgIpc) is 2.33. The number of benzene rings is 1. The van der Waals surface area contributed by atoms with Crippen LogP contribution in [0.5, 0.6) is 0 Å². The largest absolute Gasteiger partial charge is 0.481 e. The summed E-state index contributed by atoms with van der Waals surface area (Å²) in [6.07, 6.45) is 0.942. The molecule has 1 saturated heterocycles. The van der Waals surface area contributed by atoms with Crippen molar-refractivity contribution in [1.29, 1.82) is 0 Å². The van der Waals surface area contributed by atoms with Crippen molar-refractivity contribution in [3.8, 4) is 0 Å². The van der Waals surface area contributed by atoms with E-state index in [2.05, 4.69) is 5.32 Å². The fourth-order valence-electron chi connectivity index (χ4n) is 2.31. The number of halogens is 2. The molecule has 92 valence electrons. The van der Waals surface area contributed by atoms with Crippen LogP contribution in [0.2, 0.25) is 0 Å². The quantitative estimate of drug-likeness (QED) is 0.828. The second kappa shape index (κ2) is 4.41. The molecule has 0 bridgehead atoms. The van der Waals surface area contributed by atoms with E-state index in [1.54, 1.807) is 0 Å². The molecule has 2 N–H and O–H groups in total. The summed E-state index contributed by atoms with van der Waals surface area (Å²) in [5.41, 5.74) is -1.43. The summed E-state index contributed by atoms with van der Waals surface area (Å²) in [5.74, 6) is -3.18. The maximum absolute atomic E-state index is 13.7. The number of carboxylic acids is 1. The molecule has 1 aromatic carbocycles. The fraction of sp³-hybridized carbons (Fsp3) is 0.417. The minimum absolute atomic E-state index is 0.0720. The molecule has 1 unspecified atom stereocenters. The minimum Gasteiger partial charge on any atom is -0.481 e. The Morgan fingerprint density at radius 2 is 2.18 bits per heavy atom. The van der Waals surface area contributed by atoms with Crippen LogP contribution in [0.1, 0.15) is 18.4 Å². The molecule has 1 aliphatic heterocycles. The lowest BCUT2D eigenvalue weighted by Crippen LogP contribution is -2.49. The highest BCUT2D eigenvalue weighted by Crippen LogP contribution is 2.34. The molecular weight excluding hydrogens is 228 g/mol. The van der Waals surface area contributed by atoms with Gasteiger partial charge >= 0.3 is 5.97 Å². The van der Waals surface area contributed by atoms with Crippen molar-refractivity contribution in [2.24, 2.45) is 0 Å². The van der Waals surface area contributed by atoms with Crippen LogP contribution < -0.4 is 5.32 Å². The molecule has 1 atom stereocenters. The van der Waals surface area contributed by atoms with E-state index in [1.807, 2.05) is 0 Å². The SMILES string of the molecule is O=C(O)C1(c2cccc(F)c2F)CCCNC1. The first kappa shape index (κ1) is 12.0. The summed E-state index contributed by atoms with van der Waals surface area (Å²) < 4.78 is 26.9. The van der Waals surface area contributed by atoms with Crippen molar-refractivity contribution in [2.45, 2.75) is 18.3 Å². The van der Waals surface area contributed by atoms with E-state index >= 15 is 0 Å². The number of aliphatic carboxylic acids is 1. The predicted molar refractivity (Wildman–Crippen MR) is 57.8 cm³/mol. The van der Waals surface area contributed by atoms with Gasteiger partial charge in [0, 0.05) is 12.1 Å². The van der Waals surface area contributed by atoms with Crippen molar-refractivity contribution in [3.05, 3.63) is 35.4 Å². The van der Waals surface area contributed by atoms with Gasteiger partial charge in [-0.1, -0.05) is 12.1 Å². The van der Waals surface area contributed by atoms with Crippen molar-refractivity contribution < 1.29 is 18.7 Å². The van der Waals surface area contributed by atoms with Crippen LogP contribution >= 0.6 is 0 Å². The van der Waals surface area contributed by atoms with E-state index in [-0.39, 0.29) is 12.1 Å². The van der Waals surface area contributed by atoms with Gasteiger partial charge in [0.2, 0.25) is 0 Å². The number of hydrogen-bond acceptors (Lipinski definition) is 2. The fourth-order valence-corrected chi connectivity index (χ4v) is 2.31. The molecule has 17 heavy (non-hydrogen) atoms. The monoisotopic (exact) mass is 241 g/mol. The van der Waals surface area contributed by atoms with Gasteiger partial charge in [0.15, 0.2) is 11.6 Å². The molecule has 1 fully saturated rings. The van der Waals surface area contributed by atoms with E-state index in [4.69, 9.17) is 0 Å². The van der Waals surface area contributed by atoms with Crippen molar-refractivity contribution in [2.75, 3.05) is 13.1 Å². The maximum Gasteiger partial charge on any atom is 0.315 e. The molecule has 1 heterocycles. The lowest BCUT2D eigenvalue weighted by Gasteiger charge is -2.34. The van der Waals surface area contributed by atoms with E-state index in [0.29, 0.717) is 19.4 Å². The highest BCUT2D eigenvalue weighted by atomic mass is 19.2. The highest BCUT2D eigenvalue weighted by molar-refractivity contribution is 5.82. The Kier molecular flexibility index (Phi) is 3.11. The van der Waals surface area contributed by atoms with Crippen LogP contribution in [0.15, 0.2) is 18.2 Å². The molecule has 1 aromatic rings. The van der Waals surface area contributed by atoms with Gasteiger partial charge in [0.25, 0.3) is 0 Å². The first-order valence-electron chi connectivity index (χ1n) is 5.46. The molecule has 0 aliphatic carbocycles. The van der Waals surface area contributed by atoms with Gasteiger partial charge in [-0.25, -0.2) is 8.78 Å². The standard InChI is InChI=1S/C12H13F2NO2/c13-9-4-1-3-8(10(9)14)12(11(16)17)5-2-6-15-7-12/h1,3-4,15H,2,5-7H2,(H,16,17). The van der Waals surface area contributed by atoms with Gasteiger partial charge in [-0.05, 0) is 25.5 Å². The lowest BCUT2D eigenvalue weighted by molar-refractivity contribution is -0.144. The maximum atomic E-state index is 13.7. The first-order valence-corrected chi connectivity index (χ1v) is 5.46. The molecule has 0 saturated carbocycles. The third kappa shape index (κ3) is 1.91. The molecule has 1 aliphatic rings. The van der Waals surface area contributed by atoms with Crippen LogP contribution in [0, 0.1) is 11.6 Å². The van der Waals surface area contributed by atoms with E-state index in [9.17, 15) is 18.7 Å². The van der Waals surface area contributed by atoms with E-state index < -0.39 is 23.0 Å². The number of carboxylic acid groups (broad SMARTS) is 1. The molecule has 0 aromatic heterocycles. The van der Waals surface area contributed by atoms with Gasteiger partial charge in [-0.15, -0.1) is 0 Å². The molecule has 2 rings (SSSR count). The van der Waals surface area contributed by atoms with Gasteiger partial charge in [0.1, 0.15) is 5.41 Å². The van der Waals surface area contributed by atoms with Crippen LogP contribution in [-0.4, -0.2) is 24.2 Å². The summed E-state index contributed by atoms with van der Waals surface area (Å²) in [6.45, 7) is 0.828. The summed E-state index contributed by atoms with van der Waals surface area (Å²) in [4.78, 5) is 11.4. The van der Waals surface area contributed by atoms with Crippen LogP contribution in [0.25, 0.3) is 0 Å². The zero-order valence-corrected chi connectivity index (χ0v) is 9.17. The van der Waals surface area contributed by atoms with Gasteiger partial charge in [0.05, 0.1) is 0 Å². The average molecular weight is 241 g/mol. The summed E-state index contributed by atoms with van der Waals surface area (Å²) in [6, 6.07) is 3.68. The van der Waals surface area contributed by atoms with Crippen LogP contribution in [0.4, 0.5) is 8.78 Å². The normalized spacial score (nSPS) is 24.6. The van der Waals surface area contributed by atoms with Crippen molar-refractivity contribution in [1.82, 2.24) is 5.32 Å². The van der Waals surface area contributed by atoms with Gasteiger partial charge in [-0.3, -0.25) is 4.79 Å². The first-order chi connectivity index (χ1) is 8.08. The van der Waals surface area contributed by atoms with Gasteiger partial charge < -0.3 is 10.4 Å². The number of rotatable bonds is 2. The van der Waals surface area contributed by atoms with E-state index in [1.165, 1.54) is 12.1 Å². The van der Waals surface area contributed by atoms with Crippen molar-refractivity contribution in [3.63, 3.8) is 0 Å². The van der Waals surface area contributed by atoms with Crippen LogP contribution in [0.3, 0.4) is 0 Å². The predicted octanol–water partition coefficient (Wildman–Crippen LogP) is 1.67. The smallest absolute Gasteiger partial charge is 0.315 e. The number of hydrogen-bond donors (Lipinski definition) is 2. The Morgan fingerprint density at radius 3 is 2.76 bits per heavy atom. The molecule has 0 radical (unpaired) electrons. The lowest BCUT2D eigenvalue weighted by atomic mass is 9.74. The summed E-state index contributed by atoms with van der Waals surface area (Å²) >= 11 is 0. The minimum atomic E-state index is -1.36. The third-order valence-corrected chi connectivity index (χ3v) is 3.26. The molecule has 3 nitrogen and oxygen atoms in total. The second-order valence-electron chi connectivity index (χ2n) is 4.27. The highest BCUT2D eigenvalue weighted by Gasteiger charge is 2.43. The Morgan fingerprint density at radius 1 is 1.41 bits per heavy atom. The zero-order chi connectivity index (χ0) is 12.5. The molecular formula is C12H13F2NO2. The Bertz CT molecular complexity index is 442. The van der Waals surface area contributed by atoms with Crippen molar-refractivity contribution >= 4 is 5.97 Å². The Hall–Kier alpha value is -1.49. The molecule has 5 heteroatoms. The summed E-state index contributed by atoms with van der Waals surface area (Å²) in [5, 5.41) is 12.3. The Labute approximate surface area is 97.5 Å². The number of piperidine rings is 1. The summed E-state index contributed by atoms with van der Waals surface area (Å²) in [7, 11) is 0. The van der Waals surface area contributed by atoms with Crippen LogP contribution in [-0.2, 0) is 10.2 Å². The third-order valence-electron chi connectivity index (χ3n) is 3.26. The molecule has 0 amide bonds. The second-order valence-corrected chi connectivity index (χ2v) is 4.27. The zero-order valence-electron chi connectivity index (χ0n) is 9.17. The topological polar surface area (TPSA) is 49.3 Å². The van der Waals surface area contributed by atoms with E-state index in [0.717, 1.165) is 6.07 Å². The van der Waals surface area contributed by atoms with Gasteiger partial charge in [-0.2, -0.15) is 0 Å². The Balaban J connectivity index is 2.53. The number of nitrogens with one attached hydrogen (secondary N) is 1. The number of carbonyl (C=O) groups is 1. The molecule has 0 spiro atoms.